The number of rotatable bonds is 4. The summed E-state index contributed by atoms with van der Waals surface area (Å²) >= 11 is 2.15. The lowest BCUT2D eigenvalue weighted by molar-refractivity contribution is -0.384. The number of hydrogen-bond donors (Lipinski definition) is 1. The maximum Gasteiger partial charge on any atom is 0.271 e. The zero-order valence-corrected chi connectivity index (χ0v) is 13.8. The summed E-state index contributed by atoms with van der Waals surface area (Å²) in [4.78, 5) is 22.2. The predicted octanol–water partition coefficient (Wildman–Crippen LogP) is 3.35. The number of halogens is 1. The molecule has 0 aliphatic heterocycles. The van der Waals surface area contributed by atoms with Gasteiger partial charge in [0.25, 0.3) is 11.6 Å². The van der Waals surface area contributed by atoms with Gasteiger partial charge in [-0.15, -0.1) is 0 Å². The van der Waals surface area contributed by atoms with Crippen LogP contribution in [-0.2, 0) is 0 Å². The van der Waals surface area contributed by atoms with Crippen LogP contribution in [0.4, 0.5) is 5.69 Å². The van der Waals surface area contributed by atoms with Crippen molar-refractivity contribution in [3.63, 3.8) is 0 Å². The van der Waals surface area contributed by atoms with Crippen molar-refractivity contribution in [1.82, 2.24) is 5.43 Å². The largest absolute Gasteiger partial charge is 0.271 e. The van der Waals surface area contributed by atoms with E-state index < -0.39 is 4.92 Å². The van der Waals surface area contributed by atoms with Crippen molar-refractivity contribution in [2.45, 2.75) is 6.92 Å². The number of nitro benzene ring substituents is 1. The number of hydrogen-bond acceptors (Lipinski definition) is 4. The van der Waals surface area contributed by atoms with Gasteiger partial charge in [-0.1, -0.05) is 12.1 Å². The predicted molar refractivity (Wildman–Crippen MR) is 91.9 cm³/mol. The van der Waals surface area contributed by atoms with E-state index in [1.165, 1.54) is 12.1 Å². The summed E-state index contributed by atoms with van der Waals surface area (Å²) in [7, 11) is 0. The van der Waals surface area contributed by atoms with Crippen molar-refractivity contribution in [3.8, 4) is 0 Å². The second-order valence-electron chi connectivity index (χ2n) is 4.45. The Morgan fingerprint density at radius 2 is 1.86 bits per heavy atom. The molecule has 0 aliphatic rings. The number of nitrogens with one attached hydrogen (secondary N) is 1. The molecule has 112 valence electrons. The Kier molecular flexibility index (Phi) is 5.21. The number of amides is 1. The third kappa shape index (κ3) is 4.10. The van der Waals surface area contributed by atoms with E-state index in [9.17, 15) is 14.9 Å². The highest BCUT2D eigenvalue weighted by Crippen LogP contribution is 2.13. The van der Waals surface area contributed by atoms with Gasteiger partial charge in [-0.3, -0.25) is 14.9 Å². The number of carbonyl (C=O) groups excluding carboxylic acids is 1. The van der Waals surface area contributed by atoms with Gasteiger partial charge in [0.15, 0.2) is 0 Å². The lowest BCUT2D eigenvalue weighted by Gasteiger charge is -2.03. The molecule has 2 rings (SSSR count). The van der Waals surface area contributed by atoms with Gasteiger partial charge in [0.1, 0.15) is 0 Å². The summed E-state index contributed by atoms with van der Waals surface area (Å²) in [6.07, 6.45) is 0. The highest BCUT2D eigenvalue weighted by Gasteiger charge is 2.08. The average Bonchev–Trinajstić information content (AvgIpc) is 2.53. The molecule has 0 unspecified atom stereocenters. The van der Waals surface area contributed by atoms with Crippen LogP contribution >= 0.6 is 22.6 Å². The van der Waals surface area contributed by atoms with E-state index in [1.807, 2.05) is 12.1 Å². The van der Waals surface area contributed by atoms with Crippen molar-refractivity contribution in [2.24, 2.45) is 5.10 Å². The Hall–Kier alpha value is -2.29. The van der Waals surface area contributed by atoms with E-state index in [-0.39, 0.29) is 11.6 Å². The first kappa shape index (κ1) is 16.1. The molecule has 0 aliphatic carbocycles. The monoisotopic (exact) mass is 409 g/mol. The Morgan fingerprint density at radius 3 is 2.50 bits per heavy atom. The van der Waals surface area contributed by atoms with E-state index >= 15 is 0 Å². The molecule has 6 nitrogen and oxygen atoms in total. The fourth-order valence-corrected chi connectivity index (χ4v) is 2.07. The Balaban J connectivity index is 2.12. The molecule has 2 aromatic rings. The lowest BCUT2D eigenvalue weighted by atomic mass is 10.1. The minimum absolute atomic E-state index is 0.0176. The van der Waals surface area contributed by atoms with Crippen LogP contribution < -0.4 is 5.43 Å². The number of carbonyl (C=O) groups is 1. The maximum atomic E-state index is 11.9. The van der Waals surface area contributed by atoms with Crippen LogP contribution in [0.2, 0.25) is 0 Å². The Morgan fingerprint density at radius 1 is 1.18 bits per heavy atom. The molecule has 0 bridgehead atoms. The van der Waals surface area contributed by atoms with Gasteiger partial charge in [-0.25, -0.2) is 5.43 Å². The van der Waals surface area contributed by atoms with Crippen LogP contribution in [0.1, 0.15) is 22.8 Å². The molecule has 0 spiro atoms. The zero-order chi connectivity index (χ0) is 16.1. The third-order valence-electron chi connectivity index (χ3n) is 2.91. The highest BCUT2D eigenvalue weighted by molar-refractivity contribution is 14.1. The van der Waals surface area contributed by atoms with Crippen molar-refractivity contribution < 1.29 is 9.72 Å². The number of benzene rings is 2. The van der Waals surface area contributed by atoms with Gasteiger partial charge >= 0.3 is 0 Å². The van der Waals surface area contributed by atoms with Crippen LogP contribution in [0.3, 0.4) is 0 Å². The van der Waals surface area contributed by atoms with Crippen LogP contribution in [0.5, 0.6) is 0 Å². The van der Waals surface area contributed by atoms with E-state index in [1.54, 1.807) is 31.2 Å². The fraction of sp³-hybridized carbons (Fsp3) is 0.0667. The standard InChI is InChI=1S/C15H12IN3O3/c1-10(12-3-2-4-14(9-12)19(21)22)17-18-15(20)11-5-7-13(16)8-6-11/h2-9H,1H3,(H,18,20)/b17-10-. The molecule has 0 fully saturated rings. The number of non-ortho nitro benzene ring substituents is 1. The quantitative estimate of drug-likeness (QED) is 0.364. The minimum Gasteiger partial charge on any atom is -0.267 e. The molecule has 1 amide bonds. The molecule has 0 saturated heterocycles. The van der Waals surface area contributed by atoms with Crippen LogP contribution in [0, 0.1) is 13.7 Å². The van der Waals surface area contributed by atoms with Crippen LogP contribution in [0.15, 0.2) is 53.6 Å². The van der Waals surface area contributed by atoms with E-state index in [4.69, 9.17) is 0 Å². The van der Waals surface area contributed by atoms with Crippen molar-refractivity contribution in [2.75, 3.05) is 0 Å². The van der Waals surface area contributed by atoms with Gasteiger partial charge in [0.2, 0.25) is 0 Å². The van der Waals surface area contributed by atoms with E-state index in [2.05, 4.69) is 33.1 Å². The summed E-state index contributed by atoms with van der Waals surface area (Å²) < 4.78 is 1.03. The summed E-state index contributed by atoms with van der Waals surface area (Å²) in [5, 5.41) is 14.7. The van der Waals surface area contributed by atoms with E-state index in [0.29, 0.717) is 16.8 Å². The lowest BCUT2D eigenvalue weighted by Crippen LogP contribution is -2.19. The summed E-state index contributed by atoms with van der Waals surface area (Å²) in [6, 6.07) is 13.1. The summed E-state index contributed by atoms with van der Waals surface area (Å²) in [6.45, 7) is 1.67. The molecule has 0 radical (unpaired) electrons. The number of nitro groups is 1. The van der Waals surface area contributed by atoms with Gasteiger partial charge in [0.05, 0.1) is 10.6 Å². The molecular weight excluding hydrogens is 397 g/mol. The van der Waals surface area contributed by atoms with Gasteiger partial charge in [-0.2, -0.15) is 5.10 Å². The molecule has 22 heavy (non-hydrogen) atoms. The molecule has 0 aromatic heterocycles. The first-order valence-corrected chi connectivity index (χ1v) is 7.40. The Bertz CT molecular complexity index is 742. The van der Waals surface area contributed by atoms with Crippen molar-refractivity contribution in [3.05, 3.63) is 73.3 Å². The molecule has 0 saturated carbocycles. The van der Waals surface area contributed by atoms with Crippen molar-refractivity contribution >= 4 is 39.9 Å². The van der Waals surface area contributed by atoms with Crippen LogP contribution in [-0.4, -0.2) is 16.5 Å². The zero-order valence-electron chi connectivity index (χ0n) is 11.6. The third-order valence-corrected chi connectivity index (χ3v) is 3.63. The maximum absolute atomic E-state index is 11.9. The Labute approximate surface area is 140 Å². The smallest absolute Gasteiger partial charge is 0.267 e. The molecule has 0 atom stereocenters. The molecule has 7 heteroatoms. The summed E-state index contributed by atoms with van der Waals surface area (Å²) in [5.41, 5.74) is 3.99. The van der Waals surface area contributed by atoms with Gasteiger partial charge < -0.3 is 0 Å². The second kappa shape index (κ2) is 7.12. The van der Waals surface area contributed by atoms with Crippen molar-refractivity contribution in [1.29, 1.82) is 0 Å². The molecule has 2 aromatic carbocycles. The van der Waals surface area contributed by atoms with E-state index in [0.717, 1.165) is 3.57 Å². The minimum atomic E-state index is -0.471. The first-order chi connectivity index (χ1) is 10.5. The topological polar surface area (TPSA) is 84.6 Å². The average molecular weight is 409 g/mol. The molecular formula is C15H12IN3O3. The van der Waals surface area contributed by atoms with Gasteiger partial charge in [-0.05, 0) is 53.8 Å². The first-order valence-electron chi connectivity index (χ1n) is 6.32. The van der Waals surface area contributed by atoms with Gasteiger partial charge in [0, 0.05) is 26.8 Å². The second-order valence-corrected chi connectivity index (χ2v) is 5.70. The summed E-state index contributed by atoms with van der Waals surface area (Å²) in [5.74, 6) is -0.332. The number of hydrazone groups is 1. The van der Waals surface area contributed by atoms with Crippen LogP contribution in [0.25, 0.3) is 0 Å². The molecule has 0 heterocycles. The fourth-order valence-electron chi connectivity index (χ4n) is 1.71. The normalized spacial score (nSPS) is 11.1. The SMILES string of the molecule is C/C(=N/NC(=O)c1ccc(I)cc1)c1cccc([N+](=O)[O-])c1. The highest BCUT2D eigenvalue weighted by atomic mass is 127. The molecule has 1 N–H and O–H groups in total. The number of nitrogens with zero attached hydrogens (tertiary/aromatic N) is 2.